The fraction of sp³-hybridized carbons (Fsp3) is 0.385. The first kappa shape index (κ1) is 12.0. The van der Waals surface area contributed by atoms with Crippen molar-refractivity contribution in [2.75, 3.05) is 18.6 Å². The molecule has 0 aliphatic carbocycles. The minimum atomic E-state index is 0.474. The van der Waals surface area contributed by atoms with E-state index in [0.717, 1.165) is 12.3 Å². The number of thioether (sulfide) groups is 1. The molecule has 1 aromatic carbocycles. The van der Waals surface area contributed by atoms with Gasteiger partial charge in [-0.05, 0) is 35.2 Å². The minimum absolute atomic E-state index is 0.474. The molecular weight excluding hydrogens is 234 g/mol. The third-order valence-corrected chi connectivity index (χ3v) is 4.31. The van der Waals surface area contributed by atoms with Crippen LogP contribution in [0.25, 0.3) is 10.1 Å². The molecule has 1 aromatic heterocycles. The van der Waals surface area contributed by atoms with Gasteiger partial charge in [0, 0.05) is 16.5 Å². The summed E-state index contributed by atoms with van der Waals surface area (Å²) in [5, 5.41) is 7.11. The Kier molecular flexibility index (Phi) is 4.27. The molecule has 1 unspecified atom stereocenters. The van der Waals surface area contributed by atoms with E-state index < -0.39 is 0 Å². The average molecular weight is 251 g/mol. The van der Waals surface area contributed by atoms with Gasteiger partial charge in [-0.3, -0.25) is 0 Å². The molecule has 1 N–H and O–H groups in total. The number of benzene rings is 1. The van der Waals surface area contributed by atoms with Gasteiger partial charge in [-0.1, -0.05) is 25.1 Å². The summed E-state index contributed by atoms with van der Waals surface area (Å²) in [6.45, 7) is 3.19. The van der Waals surface area contributed by atoms with Crippen molar-refractivity contribution in [2.24, 2.45) is 0 Å². The summed E-state index contributed by atoms with van der Waals surface area (Å²) in [5.41, 5.74) is 1.45. The average Bonchev–Trinajstić information content (AvgIpc) is 2.76. The minimum Gasteiger partial charge on any atom is -0.309 e. The van der Waals surface area contributed by atoms with Crippen molar-refractivity contribution < 1.29 is 0 Å². The monoisotopic (exact) mass is 251 g/mol. The van der Waals surface area contributed by atoms with Crippen LogP contribution in [0.5, 0.6) is 0 Å². The normalized spacial score (nSPS) is 13.1. The van der Waals surface area contributed by atoms with Crippen LogP contribution in [0.2, 0.25) is 0 Å². The standard InChI is InChI=1S/C13H17NS2/c1-3-14-12(9-15-2)11-6-4-5-10-7-8-16-13(10)11/h4-8,12,14H,3,9H2,1-2H3. The fourth-order valence-corrected chi connectivity index (χ4v) is 3.56. The lowest BCUT2D eigenvalue weighted by Crippen LogP contribution is -2.22. The van der Waals surface area contributed by atoms with Crippen LogP contribution in [-0.4, -0.2) is 18.6 Å². The van der Waals surface area contributed by atoms with Crippen LogP contribution < -0.4 is 5.32 Å². The zero-order valence-electron chi connectivity index (χ0n) is 9.69. The first-order chi connectivity index (χ1) is 7.86. The molecular formula is C13H17NS2. The van der Waals surface area contributed by atoms with Crippen LogP contribution in [0.15, 0.2) is 29.6 Å². The first-order valence-electron chi connectivity index (χ1n) is 5.55. The zero-order chi connectivity index (χ0) is 11.4. The maximum Gasteiger partial charge on any atom is 0.0425 e. The lowest BCUT2D eigenvalue weighted by atomic mass is 10.1. The largest absolute Gasteiger partial charge is 0.309 e. The maximum absolute atomic E-state index is 3.57. The molecule has 0 spiro atoms. The number of rotatable bonds is 5. The summed E-state index contributed by atoms with van der Waals surface area (Å²) < 4.78 is 1.43. The van der Waals surface area contributed by atoms with Gasteiger partial charge in [0.1, 0.15) is 0 Å². The van der Waals surface area contributed by atoms with Gasteiger partial charge in [0.25, 0.3) is 0 Å². The van der Waals surface area contributed by atoms with Crippen molar-refractivity contribution in [3.63, 3.8) is 0 Å². The highest BCUT2D eigenvalue weighted by atomic mass is 32.2. The molecule has 0 aliphatic heterocycles. The maximum atomic E-state index is 3.57. The molecule has 1 heterocycles. The highest BCUT2D eigenvalue weighted by Gasteiger charge is 2.13. The molecule has 16 heavy (non-hydrogen) atoms. The van der Waals surface area contributed by atoms with E-state index in [9.17, 15) is 0 Å². The van der Waals surface area contributed by atoms with Crippen LogP contribution in [0.4, 0.5) is 0 Å². The lowest BCUT2D eigenvalue weighted by Gasteiger charge is -2.17. The van der Waals surface area contributed by atoms with Crippen molar-refractivity contribution in [1.29, 1.82) is 0 Å². The van der Waals surface area contributed by atoms with E-state index in [-0.39, 0.29) is 0 Å². The Hall–Kier alpha value is -0.510. The molecule has 0 amide bonds. The Morgan fingerprint density at radius 3 is 3.00 bits per heavy atom. The van der Waals surface area contributed by atoms with Crippen molar-refractivity contribution in [3.8, 4) is 0 Å². The second-order valence-corrected chi connectivity index (χ2v) is 5.58. The fourth-order valence-electron chi connectivity index (χ4n) is 1.96. The van der Waals surface area contributed by atoms with Gasteiger partial charge in [-0.2, -0.15) is 11.8 Å². The summed E-state index contributed by atoms with van der Waals surface area (Å²) in [5.74, 6) is 1.13. The molecule has 86 valence electrons. The van der Waals surface area contributed by atoms with E-state index in [4.69, 9.17) is 0 Å². The molecule has 1 nitrogen and oxygen atoms in total. The predicted octanol–water partition coefficient (Wildman–Crippen LogP) is 3.91. The molecule has 0 aliphatic rings. The van der Waals surface area contributed by atoms with Crippen LogP contribution in [0, 0.1) is 0 Å². The number of nitrogens with one attached hydrogen (secondary N) is 1. The van der Waals surface area contributed by atoms with Gasteiger partial charge >= 0.3 is 0 Å². The van der Waals surface area contributed by atoms with Crippen molar-refractivity contribution in [3.05, 3.63) is 35.2 Å². The zero-order valence-corrected chi connectivity index (χ0v) is 11.3. The quantitative estimate of drug-likeness (QED) is 0.864. The first-order valence-corrected chi connectivity index (χ1v) is 7.82. The van der Waals surface area contributed by atoms with Crippen molar-refractivity contribution >= 4 is 33.2 Å². The molecule has 0 fully saturated rings. The Morgan fingerprint density at radius 2 is 2.25 bits per heavy atom. The molecule has 3 heteroatoms. The van der Waals surface area contributed by atoms with E-state index in [1.807, 2.05) is 23.1 Å². The van der Waals surface area contributed by atoms with Gasteiger partial charge in [-0.25, -0.2) is 0 Å². The number of hydrogen-bond acceptors (Lipinski definition) is 3. The molecule has 0 saturated carbocycles. The van der Waals surface area contributed by atoms with Crippen molar-refractivity contribution in [2.45, 2.75) is 13.0 Å². The summed E-state index contributed by atoms with van der Waals surface area (Å²) in [7, 11) is 0. The number of thiophene rings is 1. The predicted molar refractivity (Wildman–Crippen MR) is 76.6 cm³/mol. The molecule has 0 bridgehead atoms. The molecule has 1 atom stereocenters. The Labute approximate surface area is 105 Å². The SMILES string of the molecule is CCNC(CSC)c1cccc2ccsc12. The summed E-state index contributed by atoms with van der Waals surface area (Å²) >= 11 is 3.74. The molecule has 0 saturated heterocycles. The van der Waals surface area contributed by atoms with E-state index in [1.54, 1.807) is 0 Å². The smallest absolute Gasteiger partial charge is 0.0425 e. The molecule has 0 radical (unpaired) electrons. The van der Waals surface area contributed by atoms with Crippen LogP contribution in [-0.2, 0) is 0 Å². The highest BCUT2D eigenvalue weighted by molar-refractivity contribution is 7.98. The van der Waals surface area contributed by atoms with Gasteiger partial charge in [0.2, 0.25) is 0 Å². The van der Waals surface area contributed by atoms with Crippen LogP contribution >= 0.6 is 23.1 Å². The van der Waals surface area contributed by atoms with Crippen LogP contribution in [0.1, 0.15) is 18.5 Å². The highest BCUT2D eigenvalue weighted by Crippen LogP contribution is 2.30. The second-order valence-electron chi connectivity index (χ2n) is 3.75. The van der Waals surface area contributed by atoms with E-state index in [2.05, 4.69) is 48.1 Å². The molecule has 2 rings (SSSR count). The molecule has 2 aromatic rings. The lowest BCUT2D eigenvalue weighted by molar-refractivity contribution is 0.610. The van der Waals surface area contributed by atoms with E-state index >= 15 is 0 Å². The van der Waals surface area contributed by atoms with E-state index in [0.29, 0.717) is 6.04 Å². The van der Waals surface area contributed by atoms with E-state index in [1.165, 1.54) is 15.6 Å². The third kappa shape index (κ3) is 2.42. The Balaban J connectivity index is 2.38. The number of hydrogen-bond donors (Lipinski definition) is 1. The van der Waals surface area contributed by atoms with Gasteiger partial charge in [-0.15, -0.1) is 11.3 Å². The summed E-state index contributed by atoms with van der Waals surface area (Å²) in [6.07, 6.45) is 2.17. The summed E-state index contributed by atoms with van der Waals surface area (Å²) in [6, 6.07) is 9.28. The second kappa shape index (κ2) is 5.71. The Bertz CT molecular complexity index is 444. The van der Waals surface area contributed by atoms with Crippen molar-refractivity contribution in [1.82, 2.24) is 5.32 Å². The van der Waals surface area contributed by atoms with Crippen LogP contribution in [0.3, 0.4) is 0 Å². The topological polar surface area (TPSA) is 12.0 Å². The number of fused-ring (bicyclic) bond motifs is 1. The van der Waals surface area contributed by atoms with Gasteiger partial charge < -0.3 is 5.32 Å². The van der Waals surface area contributed by atoms with Gasteiger partial charge in [0.05, 0.1) is 0 Å². The third-order valence-electron chi connectivity index (χ3n) is 2.67. The summed E-state index contributed by atoms with van der Waals surface area (Å²) in [4.78, 5) is 0. The van der Waals surface area contributed by atoms with Gasteiger partial charge in [0.15, 0.2) is 0 Å². The Morgan fingerprint density at radius 1 is 1.38 bits per heavy atom.